The summed E-state index contributed by atoms with van der Waals surface area (Å²) in [5.74, 6) is 0.789. The summed E-state index contributed by atoms with van der Waals surface area (Å²) >= 11 is 5.27. The number of nitrogens with zero attached hydrogens (tertiary/aromatic N) is 1. The van der Waals surface area contributed by atoms with Gasteiger partial charge in [-0.3, -0.25) is 4.98 Å². The van der Waals surface area contributed by atoms with Gasteiger partial charge in [0.25, 0.3) is 0 Å². The number of benzene rings is 1. The van der Waals surface area contributed by atoms with Gasteiger partial charge in [0, 0.05) is 6.20 Å². The molecule has 0 bridgehead atoms. The molecule has 0 saturated heterocycles. The zero-order valence-corrected chi connectivity index (χ0v) is 12.1. The molecule has 104 valence electrons. The van der Waals surface area contributed by atoms with Crippen molar-refractivity contribution in [3.8, 4) is 5.75 Å². The molecule has 0 amide bonds. The maximum Gasteiger partial charge on any atom is 0.171 e. The van der Waals surface area contributed by atoms with Gasteiger partial charge in [0.2, 0.25) is 0 Å². The van der Waals surface area contributed by atoms with Gasteiger partial charge in [-0.1, -0.05) is 18.2 Å². The number of hydrogen-bond acceptors (Lipinski definition) is 3. The minimum Gasteiger partial charge on any atom is -0.492 e. The Morgan fingerprint density at radius 1 is 1.20 bits per heavy atom. The summed E-state index contributed by atoms with van der Waals surface area (Å²) in [4.78, 5) is 4.23. The summed E-state index contributed by atoms with van der Waals surface area (Å²) in [6.07, 6.45) is 1.76. The third-order valence-electron chi connectivity index (χ3n) is 2.59. The van der Waals surface area contributed by atoms with Crippen molar-refractivity contribution in [1.29, 1.82) is 0 Å². The van der Waals surface area contributed by atoms with Gasteiger partial charge in [-0.2, -0.15) is 0 Å². The van der Waals surface area contributed by atoms with Crippen LogP contribution in [0.4, 0.5) is 5.69 Å². The van der Waals surface area contributed by atoms with E-state index in [1.54, 1.807) is 6.20 Å². The molecule has 1 aromatic heterocycles. The van der Waals surface area contributed by atoms with E-state index in [0.717, 1.165) is 17.1 Å². The molecule has 0 aliphatic carbocycles. The van der Waals surface area contributed by atoms with Crippen molar-refractivity contribution in [2.75, 3.05) is 11.9 Å². The fraction of sp³-hybridized carbons (Fsp3) is 0.200. The van der Waals surface area contributed by atoms with Gasteiger partial charge in [-0.05, 0) is 43.4 Å². The molecular formula is C15H17N3OS. The number of ether oxygens (including phenoxy) is 1. The summed E-state index contributed by atoms with van der Waals surface area (Å²) in [6.45, 7) is 3.16. The van der Waals surface area contributed by atoms with E-state index in [0.29, 0.717) is 18.3 Å². The number of nitrogens with one attached hydrogen (secondary N) is 2. The second-order valence-electron chi connectivity index (χ2n) is 4.06. The zero-order chi connectivity index (χ0) is 14.2. The minimum absolute atomic E-state index is 0.544. The van der Waals surface area contributed by atoms with E-state index in [9.17, 15) is 0 Å². The highest BCUT2D eigenvalue weighted by Crippen LogP contribution is 2.23. The number of pyridine rings is 1. The summed E-state index contributed by atoms with van der Waals surface area (Å²) in [5.41, 5.74) is 1.79. The number of rotatable bonds is 5. The lowest BCUT2D eigenvalue weighted by Crippen LogP contribution is -2.28. The van der Waals surface area contributed by atoms with Crippen molar-refractivity contribution in [3.63, 3.8) is 0 Å². The van der Waals surface area contributed by atoms with Crippen molar-refractivity contribution >= 4 is 23.0 Å². The second kappa shape index (κ2) is 7.45. The van der Waals surface area contributed by atoms with Gasteiger partial charge in [-0.15, -0.1) is 0 Å². The molecule has 2 N–H and O–H groups in total. The topological polar surface area (TPSA) is 46.2 Å². The predicted octanol–water partition coefficient (Wildman–Crippen LogP) is 2.97. The highest BCUT2D eigenvalue weighted by molar-refractivity contribution is 7.80. The van der Waals surface area contributed by atoms with Crippen LogP contribution in [-0.2, 0) is 6.54 Å². The molecule has 0 fully saturated rings. The number of anilines is 1. The Kier molecular flexibility index (Phi) is 5.32. The molecule has 20 heavy (non-hydrogen) atoms. The number of aromatic nitrogens is 1. The molecule has 0 atom stereocenters. The maximum atomic E-state index is 5.54. The van der Waals surface area contributed by atoms with E-state index < -0.39 is 0 Å². The number of hydrogen-bond donors (Lipinski definition) is 2. The SMILES string of the molecule is CCOc1ccccc1NC(=S)NCc1ccccn1. The average Bonchev–Trinajstić information content (AvgIpc) is 2.49. The van der Waals surface area contributed by atoms with Crippen LogP contribution >= 0.6 is 12.2 Å². The molecule has 4 nitrogen and oxygen atoms in total. The first-order valence-corrected chi connectivity index (χ1v) is 6.87. The highest BCUT2D eigenvalue weighted by atomic mass is 32.1. The first-order chi connectivity index (χ1) is 9.79. The summed E-state index contributed by atoms with van der Waals surface area (Å²) < 4.78 is 5.54. The van der Waals surface area contributed by atoms with Gasteiger partial charge in [0.1, 0.15) is 5.75 Å². The largest absolute Gasteiger partial charge is 0.492 e. The van der Waals surface area contributed by atoms with E-state index in [2.05, 4.69) is 15.6 Å². The smallest absolute Gasteiger partial charge is 0.171 e. The van der Waals surface area contributed by atoms with Crippen LogP contribution in [0, 0.1) is 0 Å². The predicted molar refractivity (Wildman–Crippen MR) is 84.9 cm³/mol. The Morgan fingerprint density at radius 2 is 2.00 bits per heavy atom. The third kappa shape index (κ3) is 4.20. The monoisotopic (exact) mass is 287 g/mol. The van der Waals surface area contributed by atoms with Gasteiger partial charge in [0.15, 0.2) is 5.11 Å². The molecule has 2 rings (SSSR count). The molecule has 1 aromatic carbocycles. The average molecular weight is 287 g/mol. The Hall–Kier alpha value is -2.14. The van der Waals surface area contributed by atoms with Gasteiger partial charge >= 0.3 is 0 Å². The van der Waals surface area contributed by atoms with Crippen LogP contribution in [-0.4, -0.2) is 16.7 Å². The van der Waals surface area contributed by atoms with Crippen LogP contribution in [0.3, 0.4) is 0 Å². The molecular weight excluding hydrogens is 270 g/mol. The fourth-order valence-corrected chi connectivity index (χ4v) is 1.87. The molecule has 0 aliphatic rings. The first kappa shape index (κ1) is 14.3. The van der Waals surface area contributed by atoms with Crippen molar-refractivity contribution in [2.24, 2.45) is 0 Å². The Bertz CT molecular complexity index is 560. The van der Waals surface area contributed by atoms with Crippen molar-refractivity contribution in [3.05, 3.63) is 54.4 Å². The van der Waals surface area contributed by atoms with Crippen LogP contribution in [0.25, 0.3) is 0 Å². The number of para-hydroxylation sites is 2. The van der Waals surface area contributed by atoms with E-state index in [-0.39, 0.29) is 0 Å². The Balaban J connectivity index is 1.91. The van der Waals surface area contributed by atoms with E-state index in [1.807, 2.05) is 49.4 Å². The van der Waals surface area contributed by atoms with E-state index >= 15 is 0 Å². The van der Waals surface area contributed by atoms with Crippen molar-refractivity contribution in [2.45, 2.75) is 13.5 Å². The van der Waals surface area contributed by atoms with Crippen molar-refractivity contribution < 1.29 is 4.74 Å². The van der Waals surface area contributed by atoms with Crippen molar-refractivity contribution in [1.82, 2.24) is 10.3 Å². The lowest BCUT2D eigenvalue weighted by Gasteiger charge is -2.13. The molecule has 0 spiro atoms. The minimum atomic E-state index is 0.544. The normalized spacial score (nSPS) is 9.85. The van der Waals surface area contributed by atoms with E-state index in [4.69, 9.17) is 17.0 Å². The van der Waals surface area contributed by atoms with Crippen LogP contribution in [0.2, 0.25) is 0 Å². The summed E-state index contributed by atoms with van der Waals surface area (Å²) in [6, 6.07) is 13.5. The van der Waals surface area contributed by atoms with Gasteiger partial charge in [-0.25, -0.2) is 0 Å². The Labute approximate surface area is 124 Å². The second-order valence-corrected chi connectivity index (χ2v) is 4.47. The Morgan fingerprint density at radius 3 is 2.75 bits per heavy atom. The molecule has 1 heterocycles. The fourth-order valence-electron chi connectivity index (χ4n) is 1.69. The van der Waals surface area contributed by atoms with Gasteiger partial charge < -0.3 is 15.4 Å². The number of thiocarbonyl (C=S) groups is 1. The summed E-state index contributed by atoms with van der Waals surface area (Å²) in [7, 11) is 0. The highest BCUT2D eigenvalue weighted by Gasteiger charge is 2.04. The van der Waals surface area contributed by atoms with Crippen LogP contribution < -0.4 is 15.4 Å². The van der Waals surface area contributed by atoms with Crippen LogP contribution in [0.15, 0.2) is 48.7 Å². The molecule has 0 aliphatic heterocycles. The molecule has 2 aromatic rings. The van der Waals surface area contributed by atoms with Gasteiger partial charge in [0.05, 0.1) is 24.5 Å². The molecule has 0 radical (unpaired) electrons. The molecule has 0 saturated carbocycles. The first-order valence-electron chi connectivity index (χ1n) is 6.46. The lowest BCUT2D eigenvalue weighted by atomic mass is 10.3. The zero-order valence-electron chi connectivity index (χ0n) is 11.3. The van der Waals surface area contributed by atoms with Crippen LogP contribution in [0.5, 0.6) is 5.75 Å². The summed E-state index contributed by atoms with van der Waals surface area (Å²) in [5, 5.41) is 6.80. The standard InChI is InChI=1S/C15H17N3OS/c1-2-19-14-9-4-3-8-13(14)18-15(20)17-11-12-7-5-6-10-16-12/h3-10H,2,11H2,1H3,(H2,17,18,20). The van der Waals surface area contributed by atoms with Crippen LogP contribution in [0.1, 0.15) is 12.6 Å². The lowest BCUT2D eigenvalue weighted by molar-refractivity contribution is 0.342. The van der Waals surface area contributed by atoms with E-state index in [1.165, 1.54) is 0 Å². The third-order valence-corrected chi connectivity index (χ3v) is 2.84. The maximum absolute atomic E-state index is 5.54. The molecule has 5 heteroatoms. The quantitative estimate of drug-likeness (QED) is 0.828. The molecule has 0 unspecified atom stereocenters.